The van der Waals surface area contributed by atoms with Gasteiger partial charge in [-0.2, -0.15) is 0 Å². The predicted octanol–water partition coefficient (Wildman–Crippen LogP) is 3.03. The first-order chi connectivity index (χ1) is 9.20. The molecule has 2 rings (SSSR count). The summed E-state index contributed by atoms with van der Waals surface area (Å²) in [5.41, 5.74) is 2.55. The van der Waals surface area contributed by atoms with Gasteiger partial charge in [-0.3, -0.25) is 0 Å². The van der Waals surface area contributed by atoms with Gasteiger partial charge in [-0.1, -0.05) is 6.07 Å². The van der Waals surface area contributed by atoms with Crippen LogP contribution in [-0.2, 0) is 11.3 Å². The maximum Gasteiger partial charge on any atom is 0.0511 e. The topological polar surface area (TPSA) is 24.5 Å². The van der Waals surface area contributed by atoms with E-state index in [-0.39, 0.29) is 0 Å². The molecule has 0 spiro atoms. The van der Waals surface area contributed by atoms with Crippen LogP contribution in [0.3, 0.4) is 0 Å². The van der Waals surface area contributed by atoms with Gasteiger partial charge in [0.2, 0.25) is 0 Å². The minimum atomic E-state index is 0.655. The van der Waals surface area contributed by atoms with E-state index < -0.39 is 0 Å². The lowest BCUT2D eigenvalue weighted by Gasteiger charge is -2.29. The van der Waals surface area contributed by atoms with Crippen molar-refractivity contribution in [3.05, 3.63) is 28.2 Å². The van der Waals surface area contributed by atoms with Crippen molar-refractivity contribution in [1.29, 1.82) is 0 Å². The van der Waals surface area contributed by atoms with Crippen molar-refractivity contribution in [2.24, 2.45) is 5.92 Å². The summed E-state index contributed by atoms with van der Waals surface area (Å²) in [5.74, 6) is 0.655. The second-order valence-electron chi connectivity index (χ2n) is 5.28. The quantitative estimate of drug-likeness (QED) is 0.900. The van der Waals surface area contributed by atoms with Gasteiger partial charge >= 0.3 is 0 Å². The summed E-state index contributed by atoms with van der Waals surface area (Å²) in [7, 11) is 4.13. The highest BCUT2D eigenvalue weighted by atomic mass is 79.9. The first-order valence-electron chi connectivity index (χ1n) is 6.92. The average Bonchev–Trinajstić information content (AvgIpc) is 2.40. The van der Waals surface area contributed by atoms with E-state index in [0.29, 0.717) is 5.92 Å². The van der Waals surface area contributed by atoms with E-state index in [2.05, 4.69) is 51.4 Å². The molecular formula is C15H23BrN2O. The lowest BCUT2D eigenvalue weighted by atomic mass is 10.0. The van der Waals surface area contributed by atoms with Crippen LogP contribution in [0.25, 0.3) is 0 Å². The molecule has 1 aliphatic rings. The molecule has 19 heavy (non-hydrogen) atoms. The molecule has 0 bridgehead atoms. The van der Waals surface area contributed by atoms with Crippen molar-refractivity contribution < 1.29 is 4.74 Å². The fourth-order valence-corrected chi connectivity index (χ4v) is 3.34. The molecule has 1 aromatic carbocycles. The summed E-state index contributed by atoms with van der Waals surface area (Å²) in [5, 5.41) is 3.17. The molecule has 0 aromatic heterocycles. The third kappa shape index (κ3) is 4.20. The van der Waals surface area contributed by atoms with Gasteiger partial charge in [0.25, 0.3) is 0 Å². The summed E-state index contributed by atoms with van der Waals surface area (Å²) in [4.78, 5) is 2.33. The fraction of sp³-hybridized carbons (Fsp3) is 0.600. The molecule has 0 saturated carbocycles. The van der Waals surface area contributed by atoms with Crippen molar-refractivity contribution in [2.45, 2.75) is 19.4 Å². The van der Waals surface area contributed by atoms with Crippen molar-refractivity contribution in [2.75, 3.05) is 38.8 Å². The Kier molecular flexibility index (Phi) is 5.67. The molecule has 0 amide bonds. The van der Waals surface area contributed by atoms with Crippen LogP contribution in [0.2, 0.25) is 0 Å². The maximum absolute atomic E-state index is 5.55. The van der Waals surface area contributed by atoms with Crippen LogP contribution < -0.4 is 10.2 Å². The van der Waals surface area contributed by atoms with Crippen LogP contribution in [0.15, 0.2) is 22.7 Å². The molecule has 1 unspecified atom stereocenters. The summed E-state index contributed by atoms with van der Waals surface area (Å²) >= 11 is 3.68. The summed E-state index contributed by atoms with van der Waals surface area (Å²) in [6.07, 6.45) is 2.47. The lowest BCUT2D eigenvalue weighted by Crippen LogP contribution is -2.31. The minimum absolute atomic E-state index is 0.655. The van der Waals surface area contributed by atoms with Gasteiger partial charge < -0.3 is 15.0 Å². The van der Waals surface area contributed by atoms with E-state index in [1.54, 1.807) is 0 Å². The first-order valence-corrected chi connectivity index (χ1v) is 7.72. The van der Waals surface area contributed by atoms with Gasteiger partial charge in [-0.15, -0.1) is 0 Å². The Morgan fingerprint density at radius 2 is 2.32 bits per heavy atom. The SMILES string of the molecule is CNCc1ccc(N(C)CC2CCCOC2)c(Br)c1. The van der Waals surface area contributed by atoms with Crippen LogP contribution >= 0.6 is 15.9 Å². The summed E-state index contributed by atoms with van der Waals surface area (Å²) < 4.78 is 6.72. The third-order valence-electron chi connectivity index (χ3n) is 3.59. The normalized spacial score (nSPS) is 19.4. The molecule has 106 valence electrons. The number of rotatable bonds is 5. The average molecular weight is 327 g/mol. The number of hydrogen-bond donors (Lipinski definition) is 1. The Morgan fingerprint density at radius 1 is 1.47 bits per heavy atom. The van der Waals surface area contributed by atoms with E-state index in [9.17, 15) is 0 Å². The smallest absolute Gasteiger partial charge is 0.0511 e. The molecule has 1 atom stereocenters. The zero-order chi connectivity index (χ0) is 13.7. The zero-order valence-corrected chi connectivity index (χ0v) is 13.4. The largest absolute Gasteiger partial charge is 0.381 e. The molecule has 1 fully saturated rings. The molecule has 0 radical (unpaired) electrons. The summed E-state index contributed by atoms with van der Waals surface area (Å²) in [6, 6.07) is 6.57. The second kappa shape index (κ2) is 7.27. The van der Waals surface area contributed by atoms with E-state index in [1.165, 1.54) is 28.6 Å². The highest BCUT2D eigenvalue weighted by Gasteiger charge is 2.17. The number of ether oxygens (including phenoxy) is 1. The molecule has 1 saturated heterocycles. The number of hydrogen-bond acceptors (Lipinski definition) is 3. The molecule has 1 heterocycles. The molecule has 1 aliphatic heterocycles. The third-order valence-corrected chi connectivity index (χ3v) is 4.23. The van der Waals surface area contributed by atoms with Crippen molar-refractivity contribution in [3.63, 3.8) is 0 Å². The van der Waals surface area contributed by atoms with Crippen LogP contribution in [0.5, 0.6) is 0 Å². The van der Waals surface area contributed by atoms with Crippen LogP contribution in [0, 0.1) is 5.92 Å². The van der Waals surface area contributed by atoms with Gasteiger partial charge in [-0.05, 0) is 59.4 Å². The number of anilines is 1. The number of nitrogens with zero attached hydrogens (tertiary/aromatic N) is 1. The number of nitrogens with one attached hydrogen (secondary N) is 1. The van der Waals surface area contributed by atoms with Crippen LogP contribution in [0.1, 0.15) is 18.4 Å². The number of benzene rings is 1. The van der Waals surface area contributed by atoms with Crippen molar-refractivity contribution in [1.82, 2.24) is 5.32 Å². The molecular weight excluding hydrogens is 304 g/mol. The molecule has 0 aliphatic carbocycles. The Balaban J connectivity index is 1.99. The molecule has 1 aromatic rings. The van der Waals surface area contributed by atoms with E-state index >= 15 is 0 Å². The standard InChI is InChI=1S/C15H23BrN2O/c1-17-9-12-5-6-15(14(16)8-12)18(2)10-13-4-3-7-19-11-13/h5-6,8,13,17H,3-4,7,9-11H2,1-2H3. The van der Waals surface area contributed by atoms with E-state index in [1.807, 2.05) is 7.05 Å². The second-order valence-corrected chi connectivity index (χ2v) is 6.13. The predicted molar refractivity (Wildman–Crippen MR) is 83.7 cm³/mol. The van der Waals surface area contributed by atoms with Gasteiger partial charge in [-0.25, -0.2) is 0 Å². The van der Waals surface area contributed by atoms with Crippen molar-refractivity contribution >= 4 is 21.6 Å². The van der Waals surface area contributed by atoms with Crippen LogP contribution in [0.4, 0.5) is 5.69 Å². The lowest BCUT2D eigenvalue weighted by molar-refractivity contribution is 0.0576. The van der Waals surface area contributed by atoms with E-state index in [4.69, 9.17) is 4.74 Å². The highest BCUT2D eigenvalue weighted by Crippen LogP contribution is 2.28. The van der Waals surface area contributed by atoms with Gasteiger partial charge in [0.15, 0.2) is 0 Å². The highest BCUT2D eigenvalue weighted by molar-refractivity contribution is 9.10. The molecule has 1 N–H and O–H groups in total. The monoisotopic (exact) mass is 326 g/mol. The number of halogens is 1. The minimum Gasteiger partial charge on any atom is -0.381 e. The molecule has 3 nitrogen and oxygen atoms in total. The zero-order valence-electron chi connectivity index (χ0n) is 11.8. The first kappa shape index (κ1) is 14.8. The Labute approximate surface area is 124 Å². The Bertz CT molecular complexity index is 405. The Hall–Kier alpha value is -0.580. The van der Waals surface area contributed by atoms with Crippen molar-refractivity contribution in [3.8, 4) is 0 Å². The Morgan fingerprint density at radius 3 is 2.95 bits per heavy atom. The van der Waals surface area contributed by atoms with Crippen LogP contribution in [-0.4, -0.2) is 33.9 Å². The van der Waals surface area contributed by atoms with Gasteiger partial charge in [0, 0.05) is 31.2 Å². The fourth-order valence-electron chi connectivity index (χ4n) is 2.61. The molecule has 4 heteroatoms. The maximum atomic E-state index is 5.55. The van der Waals surface area contributed by atoms with E-state index in [0.717, 1.165) is 26.3 Å². The summed E-state index contributed by atoms with van der Waals surface area (Å²) in [6.45, 7) is 3.80. The van der Waals surface area contributed by atoms with Gasteiger partial charge in [0.05, 0.1) is 12.3 Å². The van der Waals surface area contributed by atoms with Gasteiger partial charge in [0.1, 0.15) is 0 Å².